The van der Waals surface area contributed by atoms with Crippen LogP contribution in [0.15, 0.2) is 190 Å². The van der Waals surface area contributed by atoms with Crippen LogP contribution in [0.3, 0.4) is 0 Å². The molecule has 0 saturated heterocycles. The van der Waals surface area contributed by atoms with E-state index in [0.29, 0.717) is 33.9 Å². The van der Waals surface area contributed by atoms with Crippen LogP contribution < -0.4 is 0 Å². The molecule has 10 aromatic rings. The Morgan fingerprint density at radius 1 is 0.466 bits per heavy atom. The molecule has 0 fully saturated rings. The van der Waals surface area contributed by atoms with E-state index in [1.165, 1.54) is 58.2 Å². The van der Waals surface area contributed by atoms with E-state index in [1.54, 1.807) is 0 Å². The number of aryl methyl sites for hydroxylation is 2. The number of sulfone groups is 2. The molecular weight excluding hydrogens is 1010 g/mol. The summed E-state index contributed by atoms with van der Waals surface area (Å²) in [4.78, 5) is 8.75. The summed E-state index contributed by atoms with van der Waals surface area (Å²) in [6.45, 7) is 3.95. The van der Waals surface area contributed by atoms with Crippen molar-refractivity contribution in [1.29, 1.82) is 0 Å². The number of rotatable bonds is 10. The molecule has 17 heteroatoms. The number of nitrogens with zero attached hydrogens (tertiary/aromatic N) is 6. The average Bonchev–Trinajstić information content (AvgIpc) is 3.87. The molecule has 1 radical (unpaired) electrons. The first-order chi connectivity index (χ1) is 34.4. The number of fused-ring (bicyclic) bond motifs is 2. The van der Waals surface area contributed by atoms with Crippen molar-refractivity contribution >= 4 is 65.0 Å². The summed E-state index contributed by atoms with van der Waals surface area (Å²) in [7, 11) is -6.99. The van der Waals surface area contributed by atoms with Crippen LogP contribution >= 0.6 is 0 Å². The van der Waals surface area contributed by atoms with Crippen LogP contribution in [0.1, 0.15) is 22.3 Å². The first kappa shape index (κ1) is 51.0. The van der Waals surface area contributed by atoms with Crippen LogP contribution in [0, 0.1) is 13.8 Å². The molecular formula is C56H46CoN6O8S2. The second-order valence-electron chi connectivity index (χ2n) is 17.1. The van der Waals surface area contributed by atoms with Gasteiger partial charge in [-0.05, 0) is 96.1 Å². The molecule has 0 aliphatic carbocycles. The molecule has 8 aromatic carbocycles. The van der Waals surface area contributed by atoms with Gasteiger partial charge in [-0.3, -0.25) is 9.98 Å². The largest absolute Gasteiger partial charge is 0.506 e. The van der Waals surface area contributed by atoms with E-state index >= 15 is 0 Å². The third kappa shape index (κ3) is 10.8. The summed E-state index contributed by atoms with van der Waals surface area (Å²) >= 11 is 0. The molecule has 0 bridgehead atoms. The smallest absolute Gasteiger partial charge is 0.223 e. The molecule has 0 spiro atoms. The Balaban J connectivity index is 0.000000192. The molecule has 0 unspecified atom stereocenters. The minimum atomic E-state index is -3.49. The second kappa shape index (κ2) is 20.8. The number of phenolic OH excluding ortho intramolecular Hbond substituents is 2. The third-order valence-electron chi connectivity index (χ3n) is 11.9. The zero-order valence-corrected chi connectivity index (χ0v) is 42.2. The summed E-state index contributed by atoms with van der Waals surface area (Å²) in [5.74, 6) is -0.639. The van der Waals surface area contributed by atoms with Crippen LogP contribution in [-0.4, -0.2) is 81.8 Å². The van der Waals surface area contributed by atoms with Gasteiger partial charge >= 0.3 is 0 Å². The maximum atomic E-state index is 12.0. The van der Waals surface area contributed by atoms with Crippen molar-refractivity contribution in [3.8, 4) is 57.1 Å². The summed E-state index contributed by atoms with van der Waals surface area (Å²) in [6, 6.07) is 50.3. The van der Waals surface area contributed by atoms with Gasteiger partial charge in [-0.15, -0.1) is 0 Å². The van der Waals surface area contributed by atoms with Crippen molar-refractivity contribution in [2.45, 2.75) is 23.6 Å². The van der Waals surface area contributed by atoms with Crippen molar-refractivity contribution in [2.24, 2.45) is 9.98 Å². The molecule has 2 aromatic heterocycles. The van der Waals surface area contributed by atoms with Crippen molar-refractivity contribution in [2.75, 3.05) is 12.5 Å². The predicted octanol–water partition coefficient (Wildman–Crippen LogP) is 11.1. The van der Waals surface area contributed by atoms with Crippen LogP contribution in [0.2, 0.25) is 0 Å². The molecule has 2 heterocycles. The van der Waals surface area contributed by atoms with Crippen LogP contribution in [-0.2, 0) is 36.5 Å². The van der Waals surface area contributed by atoms with Gasteiger partial charge in [0.15, 0.2) is 19.7 Å². The second-order valence-corrected chi connectivity index (χ2v) is 21.1. The third-order valence-corrected chi connectivity index (χ3v) is 14.1. The zero-order valence-electron chi connectivity index (χ0n) is 39.6. The van der Waals surface area contributed by atoms with Gasteiger partial charge in [0.25, 0.3) is 0 Å². The van der Waals surface area contributed by atoms with E-state index in [9.17, 15) is 37.3 Å². The van der Waals surface area contributed by atoms with Gasteiger partial charge < -0.3 is 20.4 Å². The van der Waals surface area contributed by atoms with Gasteiger partial charge in [-0.25, -0.2) is 26.2 Å². The zero-order chi connectivity index (χ0) is 50.9. The van der Waals surface area contributed by atoms with Gasteiger partial charge in [0.2, 0.25) is 11.8 Å². The van der Waals surface area contributed by atoms with Gasteiger partial charge in [-0.1, -0.05) is 120 Å². The SMILES string of the molecule is Cc1ccc(-n2nc(-c3cccc4ccccc34)c(C=Nc3cc(S(C)(=O)=O)ccc3O)c2O)cc1.Cc1ccc(-n2nc(-c3cccc4ccccc34)c(C=Nc3cc(S(C)(=O)=O)ccc3O)c2O)cc1.[Co]. The van der Waals surface area contributed by atoms with Crippen molar-refractivity contribution in [3.05, 3.63) is 192 Å². The van der Waals surface area contributed by atoms with Crippen molar-refractivity contribution in [3.63, 3.8) is 0 Å². The number of aromatic hydroxyl groups is 4. The number of aromatic nitrogens is 4. The molecule has 0 saturated carbocycles. The summed E-state index contributed by atoms with van der Waals surface area (Å²) in [5, 5.41) is 56.5. The number of hydrogen-bond donors (Lipinski definition) is 4. The van der Waals surface area contributed by atoms with E-state index in [0.717, 1.165) is 56.3 Å². The van der Waals surface area contributed by atoms with Crippen LogP contribution in [0.4, 0.5) is 11.4 Å². The molecule has 0 amide bonds. The Morgan fingerprint density at radius 3 is 1.19 bits per heavy atom. The van der Waals surface area contributed by atoms with E-state index < -0.39 is 19.7 Å². The minimum Gasteiger partial charge on any atom is -0.506 e. The molecule has 4 N–H and O–H groups in total. The Kier molecular flexibility index (Phi) is 14.5. The number of benzene rings is 8. The topological polar surface area (TPSA) is 210 Å². The number of phenols is 2. The maximum absolute atomic E-state index is 12.0. The van der Waals surface area contributed by atoms with Crippen molar-refractivity contribution < 1.29 is 54.0 Å². The molecule has 10 rings (SSSR count). The van der Waals surface area contributed by atoms with E-state index in [2.05, 4.69) is 9.98 Å². The van der Waals surface area contributed by atoms with E-state index in [4.69, 9.17) is 10.2 Å². The Morgan fingerprint density at radius 2 is 0.822 bits per heavy atom. The quantitative estimate of drug-likeness (QED) is 0.0952. The first-order valence-corrected chi connectivity index (χ1v) is 26.1. The van der Waals surface area contributed by atoms with E-state index in [-0.39, 0.29) is 61.2 Å². The normalized spacial score (nSPS) is 11.8. The summed E-state index contributed by atoms with van der Waals surface area (Å²) in [6.07, 6.45) is 4.96. The fourth-order valence-corrected chi connectivity index (χ4v) is 9.30. The predicted molar refractivity (Wildman–Crippen MR) is 283 cm³/mol. The standard InChI is InChI=1S/2C28H23N3O4S.Co/c2*1-18-10-12-20(13-11-18)31-28(33)24(17-29-25-16-21(36(2,34)35)14-15-26(25)32)27(30-31)23-9-5-7-19-6-3-4-8-22(19)23;/h2*3-17,32-33H,1-2H3;. The van der Waals surface area contributed by atoms with Gasteiger partial charge in [0, 0.05) is 52.8 Å². The first-order valence-electron chi connectivity index (χ1n) is 22.3. The molecule has 0 atom stereocenters. The fourth-order valence-electron chi connectivity index (χ4n) is 8.02. The molecule has 0 aliphatic rings. The van der Waals surface area contributed by atoms with Gasteiger partial charge in [0.05, 0.1) is 32.3 Å². The molecule has 14 nitrogen and oxygen atoms in total. The Hall–Kier alpha value is -8.35. The molecule has 0 aliphatic heterocycles. The molecule has 369 valence electrons. The molecule has 73 heavy (non-hydrogen) atoms. The summed E-state index contributed by atoms with van der Waals surface area (Å²) < 4.78 is 50.8. The van der Waals surface area contributed by atoms with Crippen LogP contribution in [0.25, 0.3) is 55.4 Å². The Bertz CT molecular complexity index is 3730. The maximum Gasteiger partial charge on any atom is 0.223 e. The van der Waals surface area contributed by atoms with Crippen LogP contribution in [0.5, 0.6) is 23.3 Å². The van der Waals surface area contributed by atoms with Crippen molar-refractivity contribution in [1.82, 2.24) is 19.6 Å². The number of aliphatic imine (C=N–C) groups is 2. The number of hydrogen-bond acceptors (Lipinski definition) is 12. The fraction of sp³-hybridized carbons (Fsp3) is 0.0714. The summed E-state index contributed by atoms with van der Waals surface area (Å²) in [5.41, 5.74) is 6.84. The van der Waals surface area contributed by atoms with E-state index in [1.807, 2.05) is 147 Å². The minimum absolute atomic E-state index is 0. The monoisotopic (exact) mass is 1050 g/mol. The average molecular weight is 1050 g/mol. The Labute approximate surface area is 431 Å². The van der Waals surface area contributed by atoms with Gasteiger partial charge in [0.1, 0.15) is 34.3 Å². The van der Waals surface area contributed by atoms with Gasteiger partial charge in [-0.2, -0.15) is 10.2 Å².